The van der Waals surface area contributed by atoms with Crippen molar-refractivity contribution in [3.8, 4) is 5.75 Å². The van der Waals surface area contributed by atoms with Crippen LogP contribution in [0.4, 0.5) is 0 Å². The first-order valence-corrected chi connectivity index (χ1v) is 9.64. The molecule has 1 radical (unpaired) electrons. The van der Waals surface area contributed by atoms with Gasteiger partial charge in [0.1, 0.15) is 5.75 Å². The second-order valence-corrected chi connectivity index (χ2v) is 7.93. The molecule has 131 valence electrons. The fourth-order valence-electron chi connectivity index (χ4n) is 5.53. The van der Waals surface area contributed by atoms with E-state index in [1.54, 1.807) is 0 Å². The van der Waals surface area contributed by atoms with Crippen LogP contribution in [0.5, 0.6) is 5.75 Å². The van der Waals surface area contributed by atoms with Crippen molar-refractivity contribution >= 4 is 0 Å². The SMILES string of the molecule is CN1CC[C@@]23CCCC[C@@H]2[C@@H]1Cc1ccc(O)cc13.[c]1ccccc1. The highest BCUT2D eigenvalue weighted by molar-refractivity contribution is 5.45. The Labute approximate surface area is 151 Å². The van der Waals surface area contributed by atoms with E-state index in [1.807, 2.05) is 36.4 Å². The van der Waals surface area contributed by atoms with Crippen molar-refractivity contribution in [1.29, 1.82) is 0 Å². The summed E-state index contributed by atoms with van der Waals surface area (Å²) in [6, 6.07) is 19.3. The minimum atomic E-state index is 0.377. The summed E-state index contributed by atoms with van der Waals surface area (Å²) in [5.41, 5.74) is 3.36. The Kier molecular flexibility index (Phi) is 4.56. The van der Waals surface area contributed by atoms with Crippen LogP contribution < -0.4 is 0 Å². The van der Waals surface area contributed by atoms with Gasteiger partial charge in [-0.15, -0.1) is 0 Å². The van der Waals surface area contributed by atoms with Crippen LogP contribution in [-0.4, -0.2) is 29.6 Å². The maximum absolute atomic E-state index is 9.91. The molecule has 2 aromatic carbocycles. The highest BCUT2D eigenvalue weighted by Gasteiger charge is 2.52. The largest absolute Gasteiger partial charge is 0.508 e. The van der Waals surface area contributed by atoms with E-state index in [2.05, 4.69) is 30.1 Å². The molecule has 1 aliphatic heterocycles. The fraction of sp³-hybridized carbons (Fsp3) is 0.478. The van der Waals surface area contributed by atoms with E-state index in [9.17, 15) is 5.11 Å². The average molecular weight is 334 g/mol. The Morgan fingerprint density at radius 1 is 1.12 bits per heavy atom. The zero-order valence-corrected chi connectivity index (χ0v) is 15.1. The predicted octanol–water partition coefficient (Wildman–Crippen LogP) is 4.57. The molecule has 2 aliphatic carbocycles. The number of aromatic hydroxyl groups is 1. The molecule has 3 aliphatic rings. The fourth-order valence-corrected chi connectivity index (χ4v) is 5.53. The highest BCUT2D eigenvalue weighted by atomic mass is 16.3. The van der Waals surface area contributed by atoms with Gasteiger partial charge in [-0.05, 0) is 74.5 Å². The van der Waals surface area contributed by atoms with Gasteiger partial charge in [0.05, 0.1) is 0 Å². The molecule has 2 fully saturated rings. The number of nitrogens with zero attached hydrogens (tertiary/aromatic N) is 1. The standard InChI is InChI=1S/C17H23NO.C6H5/c1-18-9-8-17-7-3-2-4-14(17)16(18)10-12-5-6-13(19)11-15(12)17;1-2-4-6-5-3-1/h5-6,11,14,16,19H,2-4,7-10H2,1H3;1-5H/t14-,16+,17+;/m1./s1. The van der Waals surface area contributed by atoms with Crippen molar-refractivity contribution in [3.05, 3.63) is 65.7 Å². The van der Waals surface area contributed by atoms with Crippen LogP contribution in [-0.2, 0) is 11.8 Å². The summed E-state index contributed by atoms with van der Waals surface area (Å²) in [5, 5.41) is 9.91. The number of piperidine rings is 1. The van der Waals surface area contributed by atoms with Crippen LogP contribution >= 0.6 is 0 Å². The van der Waals surface area contributed by atoms with Crippen LogP contribution in [0.1, 0.15) is 43.2 Å². The Hall–Kier alpha value is -1.80. The Morgan fingerprint density at radius 2 is 1.96 bits per heavy atom. The van der Waals surface area contributed by atoms with Crippen molar-refractivity contribution in [2.45, 2.75) is 50.0 Å². The molecule has 1 heterocycles. The Balaban J connectivity index is 0.000000223. The maximum Gasteiger partial charge on any atom is 0.115 e. The van der Waals surface area contributed by atoms with Crippen LogP contribution in [0, 0.1) is 12.0 Å². The van der Waals surface area contributed by atoms with E-state index in [4.69, 9.17) is 0 Å². The van der Waals surface area contributed by atoms with Gasteiger partial charge in [-0.25, -0.2) is 0 Å². The number of phenolic OH excluding ortho intramolecular Hbond substituents is 1. The quantitative estimate of drug-likeness (QED) is 0.763. The van der Waals surface area contributed by atoms with E-state index in [1.165, 1.54) is 56.2 Å². The summed E-state index contributed by atoms with van der Waals surface area (Å²) < 4.78 is 0. The van der Waals surface area contributed by atoms with E-state index in [0.717, 1.165) is 12.0 Å². The smallest absolute Gasteiger partial charge is 0.115 e. The van der Waals surface area contributed by atoms with Crippen molar-refractivity contribution in [2.24, 2.45) is 5.92 Å². The molecular weight excluding hydrogens is 306 g/mol. The van der Waals surface area contributed by atoms with Gasteiger partial charge >= 0.3 is 0 Å². The summed E-state index contributed by atoms with van der Waals surface area (Å²) >= 11 is 0. The third-order valence-electron chi connectivity index (χ3n) is 6.71. The number of fused-ring (bicyclic) bond motifs is 1. The van der Waals surface area contributed by atoms with Crippen molar-refractivity contribution < 1.29 is 5.11 Å². The van der Waals surface area contributed by atoms with Crippen LogP contribution in [0.25, 0.3) is 0 Å². The molecule has 3 atom stereocenters. The van der Waals surface area contributed by atoms with Crippen molar-refractivity contribution in [2.75, 3.05) is 13.6 Å². The minimum absolute atomic E-state index is 0.377. The normalized spacial score (nSPS) is 30.4. The molecule has 25 heavy (non-hydrogen) atoms. The first-order valence-electron chi connectivity index (χ1n) is 9.64. The number of hydrogen-bond acceptors (Lipinski definition) is 2. The monoisotopic (exact) mass is 334 g/mol. The number of likely N-dealkylation sites (N-methyl/N-ethyl adjacent to an activating group) is 1. The summed E-state index contributed by atoms with van der Waals surface area (Å²) in [6.45, 7) is 1.22. The van der Waals surface area contributed by atoms with Crippen LogP contribution in [0.15, 0.2) is 48.5 Å². The zero-order chi connectivity index (χ0) is 17.3. The van der Waals surface area contributed by atoms with Gasteiger partial charge in [0, 0.05) is 11.5 Å². The molecule has 2 heteroatoms. The first-order chi connectivity index (χ1) is 12.2. The zero-order valence-electron chi connectivity index (χ0n) is 15.1. The maximum atomic E-state index is 9.91. The predicted molar refractivity (Wildman–Crippen MR) is 102 cm³/mol. The molecule has 2 bridgehead atoms. The highest BCUT2D eigenvalue weighted by Crippen LogP contribution is 2.55. The first kappa shape index (κ1) is 16.7. The molecule has 0 amide bonds. The summed E-state index contributed by atoms with van der Waals surface area (Å²) in [4.78, 5) is 2.59. The van der Waals surface area contributed by atoms with Gasteiger partial charge in [0.2, 0.25) is 0 Å². The minimum Gasteiger partial charge on any atom is -0.508 e. The molecule has 0 spiro atoms. The number of phenols is 1. The third kappa shape index (κ3) is 2.97. The van der Waals surface area contributed by atoms with Gasteiger partial charge in [-0.1, -0.05) is 49.2 Å². The summed E-state index contributed by atoms with van der Waals surface area (Å²) in [5.74, 6) is 1.27. The second kappa shape index (κ2) is 6.84. The van der Waals surface area contributed by atoms with E-state index in [-0.39, 0.29) is 0 Å². The topological polar surface area (TPSA) is 23.5 Å². The number of hydrogen-bond donors (Lipinski definition) is 1. The van der Waals surface area contributed by atoms with Gasteiger partial charge in [0.25, 0.3) is 0 Å². The van der Waals surface area contributed by atoms with Gasteiger partial charge < -0.3 is 10.0 Å². The molecule has 1 saturated heterocycles. The number of likely N-dealkylation sites (tertiary alicyclic amines) is 1. The number of rotatable bonds is 0. The molecule has 1 saturated carbocycles. The second-order valence-electron chi connectivity index (χ2n) is 7.93. The molecule has 5 rings (SSSR count). The van der Waals surface area contributed by atoms with E-state index >= 15 is 0 Å². The molecule has 1 N–H and O–H groups in total. The average Bonchev–Trinajstić information content (AvgIpc) is 2.67. The lowest BCUT2D eigenvalue weighted by molar-refractivity contribution is 0.00274. The lowest BCUT2D eigenvalue weighted by atomic mass is 9.52. The number of benzene rings is 2. The third-order valence-corrected chi connectivity index (χ3v) is 6.71. The molecular formula is C23H28NO. The summed E-state index contributed by atoms with van der Waals surface area (Å²) in [6.07, 6.45) is 7.93. The van der Waals surface area contributed by atoms with E-state index < -0.39 is 0 Å². The van der Waals surface area contributed by atoms with Gasteiger partial charge in [-0.2, -0.15) is 0 Å². The van der Waals surface area contributed by atoms with Gasteiger partial charge in [-0.3, -0.25) is 0 Å². The van der Waals surface area contributed by atoms with Crippen LogP contribution in [0.2, 0.25) is 0 Å². The Bertz CT molecular complexity index is 687. The lowest BCUT2D eigenvalue weighted by Gasteiger charge is -2.58. The van der Waals surface area contributed by atoms with E-state index in [0.29, 0.717) is 11.2 Å². The molecule has 2 nitrogen and oxygen atoms in total. The lowest BCUT2D eigenvalue weighted by Crippen LogP contribution is -2.59. The molecule has 0 unspecified atom stereocenters. The van der Waals surface area contributed by atoms with Crippen LogP contribution in [0.3, 0.4) is 0 Å². The Morgan fingerprint density at radius 3 is 2.68 bits per heavy atom. The van der Waals surface area contributed by atoms with Crippen molar-refractivity contribution in [1.82, 2.24) is 4.90 Å². The molecule has 2 aromatic rings. The van der Waals surface area contributed by atoms with Crippen molar-refractivity contribution in [3.63, 3.8) is 0 Å². The summed E-state index contributed by atoms with van der Waals surface area (Å²) in [7, 11) is 2.30. The van der Waals surface area contributed by atoms with Gasteiger partial charge in [0.15, 0.2) is 0 Å². The molecule has 0 aromatic heterocycles.